The summed E-state index contributed by atoms with van der Waals surface area (Å²) >= 11 is 0. The lowest BCUT2D eigenvalue weighted by atomic mass is 9.93. The first kappa shape index (κ1) is 24.4. The maximum absolute atomic E-state index is 5.64. The van der Waals surface area contributed by atoms with Gasteiger partial charge < -0.3 is 14.9 Å². The molecule has 0 spiro atoms. The van der Waals surface area contributed by atoms with E-state index >= 15 is 0 Å². The minimum Gasteiger partial charge on any atom is -0.327 e. The van der Waals surface area contributed by atoms with Gasteiger partial charge in [0, 0.05) is 51.3 Å². The second kappa shape index (κ2) is 9.86. The zero-order valence-corrected chi connectivity index (χ0v) is 22.8. The third-order valence-electron chi connectivity index (χ3n) is 8.44. The SMILES string of the molecule is C=C(/C=C\CN)C(C)c1ccc(-n2c3ccccc3c3cc(-n4c5c(c6ccccc64)C=CCC5)ccc32)cc1. The molecule has 0 fully saturated rings. The average molecular weight is 520 g/mol. The number of nitrogens with two attached hydrogens (primary N) is 1. The molecule has 0 aliphatic heterocycles. The molecule has 2 aromatic heterocycles. The standard InChI is InChI=1S/C37H33N3/c1-25(10-9-23-38)26(2)27-17-19-28(20-18-27)39-36-16-8-5-13-32(36)33-24-29(21-22-37(33)39)40-34-14-6-3-11-30(34)31-12-4-7-15-35(31)40/h3-6,8-14,16-22,24,26H,1,7,15,23,38H2,2H3/b10-9-. The van der Waals surface area contributed by atoms with E-state index in [4.69, 9.17) is 5.73 Å². The molecule has 0 bridgehead atoms. The third kappa shape index (κ3) is 3.85. The van der Waals surface area contributed by atoms with E-state index in [1.165, 1.54) is 55.2 Å². The van der Waals surface area contributed by atoms with Crippen LogP contribution >= 0.6 is 0 Å². The van der Waals surface area contributed by atoms with Crippen molar-refractivity contribution in [3.8, 4) is 11.4 Å². The number of aromatic nitrogens is 2. The Morgan fingerprint density at radius 2 is 1.50 bits per heavy atom. The molecule has 7 rings (SSSR count). The summed E-state index contributed by atoms with van der Waals surface area (Å²) in [6, 6.07) is 33.4. The van der Waals surface area contributed by atoms with Gasteiger partial charge in [0.1, 0.15) is 0 Å². The molecule has 2 heterocycles. The van der Waals surface area contributed by atoms with E-state index in [1.54, 1.807) is 0 Å². The van der Waals surface area contributed by atoms with Crippen LogP contribution < -0.4 is 5.73 Å². The number of benzene rings is 4. The van der Waals surface area contributed by atoms with Gasteiger partial charge >= 0.3 is 0 Å². The molecule has 0 saturated heterocycles. The van der Waals surface area contributed by atoms with E-state index in [0.29, 0.717) is 6.54 Å². The molecule has 40 heavy (non-hydrogen) atoms. The van der Waals surface area contributed by atoms with Crippen LogP contribution in [0.15, 0.2) is 121 Å². The molecule has 1 unspecified atom stereocenters. The third-order valence-corrected chi connectivity index (χ3v) is 8.44. The van der Waals surface area contributed by atoms with E-state index in [1.807, 2.05) is 12.2 Å². The Bertz CT molecular complexity index is 1960. The zero-order valence-electron chi connectivity index (χ0n) is 22.8. The Kier molecular flexibility index (Phi) is 6.02. The lowest BCUT2D eigenvalue weighted by Gasteiger charge is -2.15. The van der Waals surface area contributed by atoms with Crippen molar-refractivity contribution in [2.24, 2.45) is 5.73 Å². The number of rotatable bonds is 6. The fourth-order valence-electron chi connectivity index (χ4n) is 6.33. The Morgan fingerprint density at radius 1 is 0.825 bits per heavy atom. The molecule has 3 nitrogen and oxygen atoms in total. The average Bonchev–Trinajstić information content (AvgIpc) is 3.52. The Balaban J connectivity index is 1.37. The molecule has 1 aliphatic rings. The first-order valence-corrected chi connectivity index (χ1v) is 14.1. The highest BCUT2D eigenvalue weighted by atomic mass is 15.0. The fraction of sp³-hybridized carbons (Fsp3) is 0.135. The summed E-state index contributed by atoms with van der Waals surface area (Å²) in [6.45, 7) is 6.97. The predicted molar refractivity (Wildman–Crippen MR) is 171 cm³/mol. The summed E-state index contributed by atoms with van der Waals surface area (Å²) in [5, 5.41) is 3.86. The molecule has 1 atom stereocenters. The summed E-state index contributed by atoms with van der Waals surface area (Å²) in [6.07, 6.45) is 10.7. The summed E-state index contributed by atoms with van der Waals surface area (Å²) in [7, 11) is 0. The quantitative estimate of drug-likeness (QED) is 0.219. The molecule has 0 amide bonds. The minimum absolute atomic E-state index is 0.231. The highest BCUT2D eigenvalue weighted by Crippen LogP contribution is 2.38. The van der Waals surface area contributed by atoms with Crippen LogP contribution in [0.2, 0.25) is 0 Å². The van der Waals surface area contributed by atoms with Gasteiger partial charge in [0.25, 0.3) is 0 Å². The van der Waals surface area contributed by atoms with Gasteiger partial charge in [-0.05, 0) is 66.4 Å². The zero-order chi connectivity index (χ0) is 27.2. The van der Waals surface area contributed by atoms with E-state index in [2.05, 4.69) is 126 Å². The van der Waals surface area contributed by atoms with Crippen LogP contribution in [0, 0.1) is 0 Å². The lowest BCUT2D eigenvalue weighted by molar-refractivity contribution is 0.889. The summed E-state index contributed by atoms with van der Waals surface area (Å²) in [4.78, 5) is 0. The fourth-order valence-corrected chi connectivity index (χ4v) is 6.33. The number of para-hydroxylation sites is 2. The van der Waals surface area contributed by atoms with Crippen molar-refractivity contribution < 1.29 is 0 Å². The molecule has 0 saturated carbocycles. The smallest absolute Gasteiger partial charge is 0.0542 e. The molecular weight excluding hydrogens is 486 g/mol. The highest BCUT2D eigenvalue weighted by molar-refractivity contribution is 6.10. The largest absolute Gasteiger partial charge is 0.327 e. The van der Waals surface area contributed by atoms with Gasteiger partial charge in [-0.1, -0.05) is 86.3 Å². The van der Waals surface area contributed by atoms with Crippen LogP contribution in [0.5, 0.6) is 0 Å². The van der Waals surface area contributed by atoms with E-state index in [9.17, 15) is 0 Å². The summed E-state index contributed by atoms with van der Waals surface area (Å²) < 4.78 is 4.86. The van der Waals surface area contributed by atoms with Gasteiger partial charge in [-0.15, -0.1) is 0 Å². The van der Waals surface area contributed by atoms with E-state index < -0.39 is 0 Å². The van der Waals surface area contributed by atoms with Gasteiger partial charge in [0.15, 0.2) is 0 Å². The molecular formula is C37H33N3. The van der Waals surface area contributed by atoms with Crippen molar-refractivity contribution >= 4 is 38.8 Å². The number of hydrogen-bond donors (Lipinski definition) is 1. The first-order valence-electron chi connectivity index (χ1n) is 14.1. The van der Waals surface area contributed by atoms with Crippen LogP contribution in [0.1, 0.15) is 36.1 Å². The predicted octanol–water partition coefficient (Wildman–Crippen LogP) is 8.86. The van der Waals surface area contributed by atoms with Gasteiger partial charge in [-0.2, -0.15) is 0 Å². The Labute approximate surface area is 235 Å². The molecule has 2 N–H and O–H groups in total. The topological polar surface area (TPSA) is 35.9 Å². The van der Waals surface area contributed by atoms with Gasteiger partial charge in [-0.25, -0.2) is 0 Å². The Hall–Kier alpha value is -4.60. The van der Waals surface area contributed by atoms with Crippen LogP contribution in [0.4, 0.5) is 0 Å². The van der Waals surface area contributed by atoms with Crippen LogP contribution in [-0.4, -0.2) is 15.7 Å². The van der Waals surface area contributed by atoms with Crippen LogP contribution in [0.3, 0.4) is 0 Å². The lowest BCUT2D eigenvalue weighted by Crippen LogP contribution is -2.03. The minimum atomic E-state index is 0.231. The normalized spacial score (nSPS) is 13.9. The van der Waals surface area contributed by atoms with Crippen molar-refractivity contribution in [3.05, 3.63) is 138 Å². The molecule has 1 aliphatic carbocycles. The van der Waals surface area contributed by atoms with E-state index in [0.717, 1.165) is 24.1 Å². The van der Waals surface area contributed by atoms with E-state index in [-0.39, 0.29) is 5.92 Å². The second-order valence-corrected chi connectivity index (χ2v) is 10.7. The molecule has 0 radical (unpaired) electrons. The van der Waals surface area contributed by atoms with Gasteiger partial charge in [0.2, 0.25) is 0 Å². The van der Waals surface area contributed by atoms with Crippen LogP contribution in [-0.2, 0) is 6.42 Å². The summed E-state index contributed by atoms with van der Waals surface area (Å²) in [5.74, 6) is 0.231. The monoisotopic (exact) mass is 519 g/mol. The number of fused-ring (bicyclic) bond motifs is 6. The number of hydrogen-bond acceptors (Lipinski definition) is 1. The molecule has 3 heteroatoms. The Morgan fingerprint density at radius 3 is 2.27 bits per heavy atom. The number of allylic oxidation sites excluding steroid dienone is 3. The molecule has 196 valence electrons. The van der Waals surface area contributed by atoms with Crippen molar-refractivity contribution in [2.75, 3.05) is 6.54 Å². The van der Waals surface area contributed by atoms with Gasteiger partial charge in [-0.3, -0.25) is 0 Å². The van der Waals surface area contributed by atoms with Crippen LogP contribution in [0.25, 0.3) is 50.2 Å². The second-order valence-electron chi connectivity index (χ2n) is 10.7. The summed E-state index contributed by atoms with van der Waals surface area (Å²) in [5.41, 5.74) is 16.8. The molecule has 4 aromatic carbocycles. The van der Waals surface area contributed by atoms with Crippen molar-refractivity contribution in [1.29, 1.82) is 0 Å². The molecule has 6 aromatic rings. The van der Waals surface area contributed by atoms with Crippen molar-refractivity contribution in [3.63, 3.8) is 0 Å². The first-order chi connectivity index (χ1) is 19.7. The maximum atomic E-state index is 5.64. The van der Waals surface area contributed by atoms with Gasteiger partial charge in [0.05, 0.1) is 16.6 Å². The van der Waals surface area contributed by atoms with Crippen molar-refractivity contribution in [2.45, 2.75) is 25.7 Å². The number of nitrogens with zero attached hydrogens (tertiary/aromatic N) is 2. The van der Waals surface area contributed by atoms with Crippen molar-refractivity contribution in [1.82, 2.24) is 9.13 Å². The highest BCUT2D eigenvalue weighted by Gasteiger charge is 2.20. The maximum Gasteiger partial charge on any atom is 0.0542 e.